The Labute approximate surface area is 142 Å². The van der Waals surface area contributed by atoms with Crippen molar-refractivity contribution < 1.29 is 13.2 Å². The van der Waals surface area contributed by atoms with Crippen molar-refractivity contribution in [2.75, 3.05) is 6.54 Å². The number of sulfonamides is 1. The molecule has 0 aliphatic heterocycles. The zero-order valence-corrected chi connectivity index (χ0v) is 14.8. The van der Waals surface area contributed by atoms with Crippen molar-refractivity contribution in [1.29, 1.82) is 0 Å². The lowest BCUT2D eigenvalue weighted by Gasteiger charge is -2.10. The smallest absolute Gasteiger partial charge is 0.251 e. The first-order valence-electron chi connectivity index (χ1n) is 7.64. The zero-order valence-electron chi connectivity index (χ0n) is 14.0. The molecule has 1 aromatic heterocycles. The first-order chi connectivity index (χ1) is 11.3. The number of rotatable bonds is 6. The Balaban J connectivity index is 2.20. The number of nitrogens with zero attached hydrogens (tertiary/aromatic N) is 1. The van der Waals surface area contributed by atoms with Gasteiger partial charge in [-0.3, -0.25) is 9.78 Å². The SMILES string of the molecule is CCNS(=O)(=O)c1ccc(C)c(C(=O)NCc2cccc(C)n2)c1. The van der Waals surface area contributed by atoms with Gasteiger partial charge in [0.25, 0.3) is 5.91 Å². The van der Waals surface area contributed by atoms with Crippen LogP contribution in [0.15, 0.2) is 41.3 Å². The van der Waals surface area contributed by atoms with E-state index >= 15 is 0 Å². The molecule has 0 radical (unpaired) electrons. The van der Waals surface area contributed by atoms with Gasteiger partial charge in [0, 0.05) is 17.8 Å². The number of benzene rings is 1. The second-order valence-electron chi connectivity index (χ2n) is 5.43. The lowest BCUT2D eigenvalue weighted by Crippen LogP contribution is -2.26. The first-order valence-corrected chi connectivity index (χ1v) is 9.13. The van der Waals surface area contributed by atoms with E-state index in [0.717, 1.165) is 11.4 Å². The fourth-order valence-electron chi connectivity index (χ4n) is 2.25. The van der Waals surface area contributed by atoms with Crippen LogP contribution in [0.1, 0.15) is 34.2 Å². The van der Waals surface area contributed by atoms with Crippen LogP contribution in [0.5, 0.6) is 0 Å². The van der Waals surface area contributed by atoms with Gasteiger partial charge in [-0.2, -0.15) is 0 Å². The molecule has 0 bridgehead atoms. The highest BCUT2D eigenvalue weighted by atomic mass is 32.2. The van der Waals surface area contributed by atoms with Gasteiger partial charge in [0.2, 0.25) is 10.0 Å². The first kappa shape index (κ1) is 18.1. The van der Waals surface area contributed by atoms with Gasteiger partial charge in [0.15, 0.2) is 0 Å². The molecule has 2 rings (SSSR count). The van der Waals surface area contributed by atoms with Crippen molar-refractivity contribution >= 4 is 15.9 Å². The van der Waals surface area contributed by atoms with Gasteiger partial charge >= 0.3 is 0 Å². The molecule has 128 valence electrons. The number of carbonyl (C=O) groups excluding carboxylic acids is 1. The summed E-state index contributed by atoms with van der Waals surface area (Å²) in [4.78, 5) is 16.8. The molecule has 0 unspecified atom stereocenters. The summed E-state index contributed by atoms with van der Waals surface area (Å²) < 4.78 is 26.6. The molecule has 1 amide bonds. The second-order valence-corrected chi connectivity index (χ2v) is 7.20. The van der Waals surface area contributed by atoms with Gasteiger partial charge in [0.05, 0.1) is 17.1 Å². The van der Waals surface area contributed by atoms with E-state index in [1.807, 2.05) is 25.1 Å². The summed E-state index contributed by atoms with van der Waals surface area (Å²) in [6.45, 7) is 5.92. The van der Waals surface area contributed by atoms with E-state index in [1.54, 1.807) is 19.9 Å². The highest BCUT2D eigenvalue weighted by molar-refractivity contribution is 7.89. The molecule has 2 N–H and O–H groups in total. The van der Waals surface area contributed by atoms with Crippen LogP contribution < -0.4 is 10.0 Å². The number of carbonyl (C=O) groups is 1. The maximum Gasteiger partial charge on any atom is 0.251 e. The Kier molecular flexibility index (Phi) is 5.69. The van der Waals surface area contributed by atoms with Crippen molar-refractivity contribution in [2.24, 2.45) is 0 Å². The van der Waals surface area contributed by atoms with E-state index in [-0.39, 0.29) is 23.9 Å². The van der Waals surface area contributed by atoms with E-state index < -0.39 is 10.0 Å². The number of aryl methyl sites for hydroxylation is 2. The van der Waals surface area contributed by atoms with E-state index in [1.165, 1.54) is 12.1 Å². The minimum atomic E-state index is -3.60. The lowest BCUT2D eigenvalue weighted by atomic mass is 10.1. The van der Waals surface area contributed by atoms with E-state index in [9.17, 15) is 13.2 Å². The van der Waals surface area contributed by atoms with Gasteiger partial charge in [-0.1, -0.05) is 19.1 Å². The summed E-state index contributed by atoms with van der Waals surface area (Å²) in [6.07, 6.45) is 0. The molecule has 0 saturated carbocycles. The zero-order chi connectivity index (χ0) is 17.7. The number of hydrogen-bond donors (Lipinski definition) is 2. The number of nitrogens with one attached hydrogen (secondary N) is 2. The highest BCUT2D eigenvalue weighted by Gasteiger charge is 2.17. The fourth-order valence-corrected chi connectivity index (χ4v) is 3.32. The van der Waals surface area contributed by atoms with Gasteiger partial charge in [-0.15, -0.1) is 0 Å². The Morgan fingerprint density at radius 3 is 2.58 bits per heavy atom. The van der Waals surface area contributed by atoms with Crippen LogP contribution in [0.25, 0.3) is 0 Å². The predicted octanol–water partition coefficient (Wildman–Crippen LogP) is 1.93. The third-order valence-electron chi connectivity index (χ3n) is 3.47. The van der Waals surface area contributed by atoms with Gasteiger partial charge in [-0.25, -0.2) is 13.1 Å². The van der Waals surface area contributed by atoms with Crippen LogP contribution in [0, 0.1) is 13.8 Å². The van der Waals surface area contributed by atoms with Gasteiger partial charge in [-0.05, 0) is 43.7 Å². The van der Waals surface area contributed by atoms with E-state index in [4.69, 9.17) is 0 Å². The Morgan fingerprint density at radius 2 is 1.92 bits per heavy atom. The van der Waals surface area contributed by atoms with Crippen molar-refractivity contribution in [1.82, 2.24) is 15.0 Å². The third kappa shape index (κ3) is 4.39. The maximum absolute atomic E-state index is 12.4. The summed E-state index contributed by atoms with van der Waals surface area (Å²) >= 11 is 0. The molecule has 24 heavy (non-hydrogen) atoms. The molecule has 0 spiro atoms. The number of hydrogen-bond acceptors (Lipinski definition) is 4. The van der Waals surface area contributed by atoms with Crippen LogP contribution >= 0.6 is 0 Å². The molecule has 6 nitrogen and oxygen atoms in total. The Bertz CT molecular complexity index is 848. The van der Waals surface area contributed by atoms with Crippen molar-refractivity contribution in [3.8, 4) is 0 Å². The maximum atomic E-state index is 12.4. The molecule has 0 aliphatic rings. The van der Waals surface area contributed by atoms with Crippen LogP contribution in [-0.4, -0.2) is 25.9 Å². The van der Waals surface area contributed by atoms with Crippen molar-refractivity contribution in [2.45, 2.75) is 32.2 Å². The molecule has 0 saturated heterocycles. The summed E-state index contributed by atoms with van der Waals surface area (Å²) in [6, 6.07) is 10.1. The van der Waals surface area contributed by atoms with Crippen molar-refractivity contribution in [3.05, 3.63) is 58.9 Å². The lowest BCUT2D eigenvalue weighted by molar-refractivity contribution is 0.0949. The van der Waals surface area contributed by atoms with Gasteiger partial charge < -0.3 is 5.32 Å². The van der Waals surface area contributed by atoms with Crippen LogP contribution in [0.3, 0.4) is 0 Å². The summed E-state index contributed by atoms with van der Waals surface area (Å²) in [5.74, 6) is -0.329. The molecular weight excluding hydrogens is 326 g/mol. The number of amides is 1. The molecule has 1 heterocycles. The standard InChI is InChI=1S/C17H21N3O3S/c1-4-19-24(22,23)15-9-8-12(2)16(10-15)17(21)18-11-14-7-5-6-13(3)20-14/h5-10,19H,4,11H2,1-3H3,(H,18,21). The molecule has 0 fully saturated rings. The monoisotopic (exact) mass is 347 g/mol. The fraction of sp³-hybridized carbons (Fsp3) is 0.294. The number of aromatic nitrogens is 1. The second kappa shape index (κ2) is 7.55. The molecule has 7 heteroatoms. The molecule has 2 aromatic rings. The highest BCUT2D eigenvalue weighted by Crippen LogP contribution is 2.16. The van der Waals surface area contributed by atoms with E-state index in [2.05, 4.69) is 15.0 Å². The van der Waals surface area contributed by atoms with Gasteiger partial charge in [0.1, 0.15) is 0 Å². The van der Waals surface area contributed by atoms with Crippen molar-refractivity contribution in [3.63, 3.8) is 0 Å². The van der Waals surface area contributed by atoms with Crippen LogP contribution in [-0.2, 0) is 16.6 Å². The molecule has 0 atom stereocenters. The predicted molar refractivity (Wildman–Crippen MR) is 92.2 cm³/mol. The average Bonchev–Trinajstić information content (AvgIpc) is 2.53. The van der Waals surface area contributed by atoms with E-state index in [0.29, 0.717) is 11.1 Å². The van der Waals surface area contributed by atoms with Crippen LogP contribution in [0.2, 0.25) is 0 Å². The number of pyridine rings is 1. The topological polar surface area (TPSA) is 88.2 Å². The molecule has 0 aliphatic carbocycles. The quantitative estimate of drug-likeness (QED) is 0.836. The minimum absolute atomic E-state index is 0.0776. The normalized spacial score (nSPS) is 11.3. The Morgan fingerprint density at radius 1 is 1.17 bits per heavy atom. The molecular formula is C17H21N3O3S. The minimum Gasteiger partial charge on any atom is -0.346 e. The summed E-state index contributed by atoms with van der Waals surface area (Å²) in [7, 11) is -3.60. The molecule has 1 aromatic carbocycles. The third-order valence-corrected chi connectivity index (χ3v) is 5.02. The summed E-state index contributed by atoms with van der Waals surface area (Å²) in [5.41, 5.74) is 2.66. The Hall–Kier alpha value is -2.25. The average molecular weight is 347 g/mol. The summed E-state index contributed by atoms with van der Waals surface area (Å²) in [5, 5.41) is 2.78. The largest absolute Gasteiger partial charge is 0.346 e. The van der Waals surface area contributed by atoms with Crippen LogP contribution in [0.4, 0.5) is 0 Å².